The molecule has 0 radical (unpaired) electrons. The van der Waals surface area contributed by atoms with Crippen LogP contribution in [0.15, 0.2) is 65.3 Å². The molecule has 3 rings (SSSR count). The average Bonchev–Trinajstić information content (AvgIpc) is 2.92. The van der Waals surface area contributed by atoms with Crippen LogP contribution >= 0.6 is 0 Å². The van der Waals surface area contributed by atoms with E-state index in [1.54, 1.807) is 6.26 Å². The second-order valence-electron chi connectivity index (χ2n) is 4.89. The Balaban J connectivity index is 1.81. The lowest BCUT2D eigenvalue weighted by Gasteiger charge is -2.12. The lowest BCUT2D eigenvalue weighted by molar-refractivity contribution is 0.483. The van der Waals surface area contributed by atoms with Crippen molar-refractivity contribution in [3.63, 3.8) is 0 Å². The number of nitrogens with two attached hydrogens (primary N) is 1. The van der Waals surface area contributed by atoms with Gasteiger partial charge >= 0.3 is 0 Å². The van der Waals surface area contributed by atoms with Gasteiger partial charge in [-0.25, -0.2) is 0 Å². The summed E-state index contributed by atoms with van der Waals surface area (Å²) in [7, 11) is 0. The van der Waals surface area contributed by atoms with E-state index in [0.29, 0.717) is 0 Å². The molecule has 0 fully saturated rings. The summed E-state index contributed by atoms with van der Waals surface area (Å²) in [4.78, 5) is 0. The Morgan fingerprint density at radius 3 is 2.58 bits per heavy atom. The molecule has 1 atom stereocenters. The molecule has 0 amide bonds. The van der Waals surface area contributed by atoms with Crippen molar-refractivity contribution in [3.05, 3.63) is 72.2 Å². The van der Waals surface area contributed by atoms with Gasteiger partial charge in [-0.15, -0.1) is 0 Å². The minimum Gasteiger partial charge on any atom is -0.469 e. The lowest BCUT2D eigenvalue weighted by Crippen LogP contribution is -2.25. The molecule has 1 aromatic heterocycles. The SMILES string of the molecule is NC(Cc1ccco1)Cc1cccc2ccccc12. The maximum Gasteiger partial charge on any atom is 0.105 e. The van der Waals surface area contributed by atoms with Gasteiger partial charge in [0, 0.05) is 12.5 Å². The highest BCUT2D eigenvalue weighted by Crippen LogP contribution is 2.20. The number of fused-ring (bicyclic) bond motifs is 1. The standard InChI is InChI=1S/C17H17NO/c18-15(12-16-8-4-10-19-16)11-14-7-3-6-13-5-1-2-9-17(13)14/h1-10,15H,11-12,18H2. The molecular formula is C17H17NO. The summed E-state index contributed by atoms with van der Waals surface area (Å²) in [5.74, 6) is 0.952. The zero-order valence-electron chi connectivity index (χ0n) is 10.8. The highest BCUT2D eigenvalue weighted by atomic mass is 16.3. The summed E-state index contributed by atoms with van der Waals surface area (Å²) < 4.78 is 5.35. The van der Waals surface area contributed by atoms with Crippen LogP contribution in [0.2, 0.25) is 0 Å². The Labute approximate surface area is 112 Å². The third-order valence-electron chi connectivity index (χ3n) is 3.41. The summed E-state index contributed by atoms with van der Waals surface area (Å²) in [6.45, 7) is 0. The number of furan rings is 1. The number of benzene rings is 2. The Bertz CT molecular complexity index is 653. The summed E-state index contributed by atoms with van der Waals surface area (Å²) in [5, 5.41) is 2.56. The first-order chi connectivity index (χ1) is 9.33. The van der Waals surface area contributed by atoms with Gasteiger partial charge in [0.1, 0.15) is 5.76 Å². The third kappa shape index (κ3) is 2.69. The fourth-order valence-corrected chi connectivity index (χ4v) is 2.51. The number of rotatable bonds is 4. The summed E-state index contributed by atoms with van der Waals surface area (Å²) in [5.41, 5.74) is 7.53. The number of hydrogen-bond acceptors (Lipinski definition) is 2. The zero-order chi connectivity index (χ0) is 13.1. The van der Waals surface area contributed by atoms with Crippen molar-refractivity contribution in [1.82, 2.24) is 0 Å². The van der Waals surface area contributed by atoms with Gasteiger partial charge in [-0.1, -0.05) is 42.5 Å². The van der Waals surface area contributed by atoms with Gasteiger partial charge in [-0.3, -0.25) is 0 Å². The smallest absolute Gasteiger partial charge is 0.105 e. The van der Waals surface area contributed by atoms with Crippen molar-refractivity contribution in [1.29, 1.82) is 0 Å². The van der Waals surface area contributed by atoms with E-state index < -0.39 is 0 Å². The molecular weight excluding hydrogens is 234 g/mol. The lowest BCUT2D eigenvalue weighted by atomic mass is 9.97. The third-order valence-corrected chi connectivity index (χ3v) is 3.41. The first-order valence-corrected chi connectivity index (χ1v) is 6.57. The molecule has 0 spiro atoms. The van der Waals surface area contributed by atoms with Gasteiger partial charge in [0.05, 0.1) is 6.26 Å². The van der Waals surface area contributed by atoms with Crippen LogP contribution in [0, 0.1) is 0 Å². The quantitative estimate of drug-likeness (QED) is 0.770. The predicted octanol–water partition coefficient (Wildman–Crippen LogP) is 3.55. The van der Waals surface area contributed by atoms with Gasteiger partial charge in [0.15, 0.2) is 0 Å². The van der Waals surface area contributed by atoms with Crippen molar-refractivity contribution >= 4 is 10.8 Å². The van der Waals surface area contributed by atoms with E-state index >= 15 is 0 Å². The molecule has 2 N–H and O–H groups in total. The minimum atomic E-state index is 0.0805. The Kier molecular flexibility index (Phi) is 3.34. The summed E-state index contributed by atoms with van der Waals surface area (Å²) in [6.07, 6.45) is 3.33. The van der Waals surface area contributed by atoms with Crippen LogP contribution in [-0.2, 0) is 12.8 Å². The molecule has 0 aliphatic carbocycles. The van der Waals surface area contributed by atoms with E-state index in [4.69, 9.17) is 10.2 Å². The van der Waals surface area contributed by atoms with Gasteiger partial charge < -0.3 is 10.2 Å². The molecule has 0 aliphatic rings. The first kappa shape index (κ1) is 12.0. The molecule has 1 heterocycles. The molecule has 96 valence electrons. The van der Waals surface area contributed by atoms with Crippen molar-refractivity contribution in [3.8, 4) is 0 Å². The zero-order valence-corrected chi connectivity index (χ0v) is 10.8. The van der Waals surface area contributed by atoms with Crippen molar-refractivity contribution < 1.29 is 4.42 Å². The molecule has 2 nitrogen and oxygen atoms in total. The van der Waals surface area contributed by atoms with Crippen LogP contribution in [0.1, 0.15) is 11.3 Å². The molecule has 2 heteroatoms. The molecule has 2 aromatic carbocycles. The van der Waals surface area contributed by atoms with Crippen molar-refractivity contribution in [2.45, 2.75) is 18.9 Å². The topological polar surface area (TPSA) is 39.2 Å². The minimum absolute atomic E-state index is 0.0805. The van der Waals surface area contributed by atoms with E-state index in [1.165, 1.54) is 16.3 Å². The average molecular weight is 251 g/mol. The molecule has 1 unspecified atom stereocenters. The highest BCUT2D eigenvalue weighted by Gasteiger charge is 2.09. The monoisotopic (exact) mass is 251 g/mol. The molecule has 0 aliphatic heterocycles. The highest BCUT2D eigenvalue weighted by molar-refractivity contribution is 5.85. The van der Waals surface area contributed by atoms with Crippen LogP contribution in [0.4, 0.5) is 0 Å². The molecule has 19 heavy (non-hydrogen) atoms. The normalized spacial score (nSPS) is 12.7. The Hall–Kier alpha value is -2.06. The maximum absolute atomic E-state index is 6.23. The first-order valence-electron chi connectivity index (χ1n) is 6.57. The second kappa shape index (κ2) is 5.29. The van der Waals surface area contributed by atoms with E-state index in [-0.39, 0.29) is 6.04 Å². The fourth-order valence-electron chi connectivity index (χ4n) is 2.51. The van der Waals surface area contributed by atoms with Crippen LogP contribution in [0.5, 0.6) is 0 Å². The van der Waals surface area contributed by atoms with Crippen molar-refractivity contribution in [2.75, 3.05) is 0 Å². The molecule has 0 saturated heterocycles. The van der Waals surface area contributed by atoms with E-state index in [2.05, 4.69) is 42.5 Å². The van der Waals surface area contributed by atoms with Crippen LogP contribution in [-0.4, -0.2) is 6.04 Å². The Morgan fingerprint density at radius 2 is 1.74 bits per heavy atom. The maximum atomic E-state index is 6.23. The fraction of sp³-hybridized carbons (Fsp3) is 0.176. The summed E-state index contributed by atoms with van der Waals surface area (Å²) >= 11 is 0. The van der Waals surface area contributed by atoms with E-state index in [9.17, 15) is 0 Å². The van der Waals surface area contributed by atoms with Gasteiger partial charge in [-0.05, 0) is 34.9 Å². The van der Waals surface area contributed by atoms with E-state index in [1.807, 2.05) is 12.1 Å². The van der Waals surface area contributed by atoms with Gasteiger partial charge in [0.2, 0.25) is 0 Å². The Morgan fingerprint density at radius 1 is 0.895 bits per heavy atom. The predicted molar refractivity (Wildman–Crippen MR) is 78.0 cm³/mol. The van der Waals surface area contributed by atoms with Crippen LogP contribution < -0.4 is 5.73 Å². The summed E-state index contributed by atoms with van der Waals surface area (Å²) in [6, 6.07) is 18.8. The van der Waals surface area contributed by atoms with Crippen LogP contribution in [0.3, 0.4) is 0 Å². The largest absolute Gasteiger partial charge is 0.469 e. The molecule has 0 saturated carbocycles. The molecule has 3 aromatic rings. The van der Waals surface area contributed by atoms with Gasteiger partial charge in [-0.2, -0.15) is 0 Å². The van der Waals surface area contributed by atoms with Crippen molar-refractivity contribution in [2.24, 2.45) is 5.73 Å². The van der Waals surface area contributed by atoms with E-state index in [0.717, 1.165) is 18.6 Å². The van der Waals surface area contributed by atoms with Gasteiger partial charge in [0.25, 0.3) is 0 Å². The molecule has 0 bridgehead atoms. The number of hydrogen-bond donors (Lipinski definition) is 1. The second-order valence-corrected chi connectivity index (χ2v) is 4.89. The van der Waals surface area contributed by atoms with Crippen LogP contribution in [0.25, 0.3) is 10.8 Å².